The first-order valence-electron chi connectivity index (χ1n) is 6.46. The molecule has 0 unspecified atom stereocenters. The number of carbonyl (C=O) groups is 1. The van der Waals surface area contributed by atoms with Crippen LogP contribution in [0.25, 0.3) is 0 Å². The van der Waals surface area contributed by atoms with E-state index in [1.165, 1.54) is 0 Å². The highest BCUT2D eigenvalue weighted by Crippen LogP contribution is 2.12. The minimum absolute atomic E-state index is 0.0854. The summed E-state index contributed by atoms with van der Waals surface area (Å²) in [6.07, 6.45) is 0. The van der Waals surface area contributed by atoms with Crippen LogP contribution in [0.4, 0.5) is 11.4 Å². The van der Waals surface area contributed by atoms with Gasteiger partial charge in [-0.25, -0.2) is 0 Å². The maximum absolute atomic E-state index is 12.0. The Bertz CT molecular complexity index is 591. The first kappa shape index (κ1) is 13.9. The molecule has 2 aromatic rings. The molecule has 2 aromatic carbocycles. The van der Waals surface area contributed by atoms with Crippen molar-refractivity contribution in [2.24, 2.45) is 0 Å². The number of nitrogens with one attached hydrogen (secondary N) is 1. The Hall–Kier alpha value is -2.49. The molecule has 0 heterocycles. The van der Waals surface area contributed by atoms with E-state index >= 15 is 0 Å². The Kier molecular flexibility index (Phi) is 4.25. The van der Waals surface area contributed by atoms with Crippen LogP contribution in [0.2, 0.25) is 0 Å². The van der Waals surface area contributed by atoms with E-state index < -0.39 is 0 Å². The second kappa shape index (κ2) is 6.10. The maximum Gasteiger partial charge on any atom is 0.251 e. The number of nitrogen functional groups attached to an aromatic ring is 1. The molecule has 0 aliphatic rings. The van der Waals surface area contributed by atoms with Crippen molar-refractivity contribution in [2.45, 2.75) is 6.54 Å². The Labute approximate surface area is 119 Å². The average molecular weight is 269 g/mol. The largest absolute Gasteiger partial charge is 0.399 e. The molecule has 0 aromatic heterocycles. The molecule has 4 heteroatoms. The number of nitrogens with two attached hydrogens (primary N) is 1. The van der Waals surface area contributed by atoms with Crippen LogP contribution >= 0.6 is 0 Å². The third kappa shape index (κ3) is 3.51. The van der Waals surface area contributed by atoms with Crippen LogP contribution in [0.3, 0.4) is 0 Å². The lowest BCUT2D eigenvalue weighted by molar-refractivity contribution is 0.0951. The second-order valence-electron chi connectivity index (χ2n) is 4.87. The predicted molar refractivity (Wildman–Crippen MR) is 82.8 cm³/mol. The first-order chi connectivity index (χ1) is 9.56. The number of anilines is 2. The van der Waals surface area contributed by atoms with Crippen LogP contribution in [0, 0.1) is 0 Å². The molecule has 0 bridgehead atoms. The smallest absolute Gasteiger partial charge is 0.251 e. The molecule has 1 amide bonds. The number of amides is 1. The SMILES string of the molecule is CN(C)c1ccc(C(=O)NCc2cccc(N)c2)cc1. The van der Waals surface area contributed by atoms with E-state index in [4.69, 9.17) is 5.73 Å². The van der Waals surface area contributed by atoms with Crippen LogP contribution < -0.4 is 16.0 Å². The Morgan fingerprint density at radius 3 is 2.45 bits per heavy atom. The molecular formula is C16H19N3O. The number of hydrogen-bond acceptors (Lipinski definition) is 3. The molecule has 0 aliphatic heterocycles. The van der Waals surface area contributed by atoms with Gasteiger partial charge in [-0.1, -0.05) is 12.1 Å². The van der Waals surface area contributed by atoms with Crippen molar-refractivity contribution in [2.75, 3.05) is 24.7 Å². The van der Waals surface area contributed by atoms with E-state index in [1.807, 2.05) is 67.5 Å². The normalized spacial score (nSPS) is 10.1. The van der Waals surface area contributed by atoms with Gasteiger partial charge < -0.3 is 16.0 Å². The molecule has 0 saturated heterocycles. The minimum atomic E-state index is -0.0854. The molecule has 2 rings (SSSR count). The van der Waals surface area contributed by atoms with Gasteiger partial charge >= 0.3 is 0 Å². The molecule has 4 nitrogen and oxygen atoms in total. The third-order valence-corrected chi connectivity index (χ3v) is 3.05. The monoisotopic (exact) mass is 269 g/mol. The zero-order chi connectivity index (χ0) is 14.5. The maximum atomic E-state index is 12.0. The molecule has 20 heavy (non-hydrogen) atoms. The van der Waals surface area contributed by atoms with Crippen LogP contribution in [-0.4, -0.2) is 20.0 Å². The summed E-state index contributed by atoms with van der Waals surface area (Å²) in [5.41, 5.74) is 9.11. The number of carbonyl (C=O) groups excluding carboxylic acids is 1. The van der Waals surface area contributed by atoms with E-state index in [-0.39, 0.29) is 5.91 Å². The van der Waals surface area contributed by atoms with Gasteiger partial charge in [0.2, 0.25) is 0 Å². The van der Waals surface area contributed by atoms with Crippen molar-refractivity contribution in [1.29, 1.82) is 0 Å². The van der Waals surface area contributed by atoms with Gasteiger partial charge in [0.05, 0.1) is 0 Å². The summed E-state index contributed by atoms with van der Waals surface area (Å²) in [7, 11) is 3.93. The van der Waals surface area contributed by atoms with Crippen LogP contribution in [0.15, 0.2) is 48.5 Å². The molecule has 3 N–H and O–H groups in total. The van der Waals surface area contributed by atoms with Gasteiger partial charge in [-0.2, -0.15) is 0 Å². The lowest BCUT2D eigenvalue weighted by Crippen LogP contribution is -2.22. The number of benzene rings is 2. The molecule has 0 fully saturated rings. The number of rotatable bonds is 4. The van der Waals surface area contributed by atoms with Crippen molar-refractivity contribution < 1.29 is 4.79 Å². The van der Waals surface area contributed by atoms with Crippen molar-refractivity contribution in [3.05, 3.63) is 59.7 Å². The molecule has 104 valence electrons. The third-order valence-electron chi connectivity index (χ3n) is 3.05. The molecular weight excluding hydrogens is 250 g/mol. The second-order valence-corrected chi connectivity index (χ2v) is 4.87. The van der Waals surface area contributed by atoms with Gasteiger partial charge in [-0.15, -0.1) is 0 Å². The lowest BCUT2D eigenvalue weighted by Gasteiger charge is -2.12. The van der Waals surface area contributed by atoms with Crippen molar-refractivity contribution in [3.8, 4) is 0 Å². The topological polar surface area (TPSA) is 58.4 Å². The standard InChI is InChI=1S/C16H19N3O/c1-19(2)15-8-6-13(7-9-15)16(20)18-11-12-4-3-5-14(17)10-12/h3-10H,11,17H2,1-2H3,(H,18,20). The Morgan fingerprint density at radius 1 is 1.15 bits per heavy atom. The molecule has 0 saturated carbocycles. The first-order valence-corrected chi connectivity index (χ1v) is 6.46. The molecule has 0 radical (unpaired) electrons. The zero-order valence-corrected chi connectivity index (χ0v) is 11.8. The van der Waals surface area contributed by atoms with E-state index in [0.717, 1.165) is 11.3 Å². The van der Waals surface area contributed by atoms with Crippen molar-refractivity contribution in [3.63, 3.8) is 0 Å². The summed E-state index contributed by atoms with van der Waals surface area (Å²) < 4.78 is 0. The van der Waals surface area contributed by atoms with Crippen LogP contribution in [0.5, 0.6) is 0 Å². The molecule has 0 atom stereocenters. The lowest BCUT2D eigenvalue weighted by atomic mass is 10.1. The highest BCUT2D eigenvalue weighted by atomic mass is 16.1. The summed E-state index contributed by atoms with van der Waals surface area (Å²) >= 11 is 0. The summed E-state index contributed by atoms with van der Waals surface area (Å²) in [4.78, 5) is 14.0. The fraction of sp³-hybridized carbons (Fsp3) is 0.188. The summed E-state index contributed by atoms with van der Waals surface area (Å²) in [6.45, 7) is 0.472. The molecule has 0 spiro atoms. The van der Waals surface area contributed by atoms with Gasteiger partial charge in [0.15, 0.2) is 0 Å². The fourth-order valence-electron chi connectivity index (χ4n) is 1.90. The minimum Gasteiger partial charge on any atom is -0.399 e. The summed E-state index contributed by atoms with van der Waals surface area (Å²) in [6, 6.07) is 15.0. The van der Waals surface area contributed by atoms with Crippen molar-refractivity contribution in [1.82, 2.24) is 5.32 Å². The van der Waals surface area contributed by atoms with Gasteiger partial charge in [0.1, 0.15) is 0 Å². The number of nitrogens with zero attached hydrogens (tertiary/aromatic N) is 1. The highest BCUT2D eigenvalue weighted by Gasteiger charge is 2.05. The zero-order valence-electron chi connectivity index (χ0n) is 11.8. The van der Waals surface area contributed by atoms with E-state index in [2.05, 4.69) is 5.32 Å². The quantitative estimate of drug-likeness (QED) is 0.837. The van der Waals surface area contributed by atoms with E-state index in [9.17, 15) is 4.79 Å². The fourth-order valence-corrected chi connectivity index (χ4v) is 1.90. The Morgan fingerprint density at radius 2 is 1.85 bits per heavy atom. The van der Waals surface area contributed by atoms with Gasteiger partial charge in [0, 0.05) is 37.6 Å². The van der Waals surface area contributed by atoms with Gasteiger partial charge in [0.25, 0.3) is 5.91 Å². The Balaban J connectivity index is 1.98. The van der Waals surface area contributed by atoms with Crippen molar-refractivity contribution >= 4 is 17.3 Å². The highest BCUT2D eigenvalue weighted by molar-refractivity contribution is 5.94. The van der Waals surface area contributed by atoms with E-state index in [0.29, 0.717) is 17.8 Å². The number of hydrogen-bond donors (Lipinski definition) is 2. The summed E-state index contributed by atoms with van der Waals surface area (Å²) in [5.74, 6) is -0.0854. The van der Waals surface area contributed by atoms with Crippen LogP contribution in [0.1, 0.15) is 15.9 Å². The molecule has 0 aliphatic carbocycles. The van der Waals surface area contributed by atoms with Crippen LogP contribution in [-0.2, 0) is 6.54 Å². The van der Waals surface area contributed by atoms with E-state index in [1.54, 1.807) is 0 Å². The summed E-state index contributed by atoms with van der Waals surface area (Å²) in [5, 5.41) is 2.88. The van der Waals surface area contributed by atoms with Gasteiger partial charge in [-0.05, 0) is 42.0 Å². The van der Waals surface area contributed by atoms with Gasteiger partial charge in [-0.3, -0.25) is 4.79 Å². The average Bonchev–Trinajstić information content (AvgIpc) is 2.45. The predicted octanol–water partition coefficient (Wildman–Crippen LogP) is 2.26.